The molecule has 3 saturated carbocycles. The van der Waals surface area contributed by atoms with Gasteiger partial charge in [0.15, 0.2) is 0 Å². The molecule has 0 aromatic carbocycles. The fourth-order valence-corrected chi connectivity index (χ4v) is 7.56. The Morgan fingerprint density at radius 3 is 2.62 bits per heavy atom. The molecule has 4 rings (SSSR count). The molecule has 29 heavy (non-hydrogen) atoms. The van der Waals surface area contributed by atoms with Crippen molar-refractivity contribution < 1.29 is 14.3 Å². The van der Waals surface area contributed by atoms with Crippen LogP contribution in [0.4, 0.5) is 0 Å². The van der Waals surface area contributed by atoms with Gasteiger partial charge in [0.2, 0.25) is 0 Å². The van der Waals surface area contributed by atoms with E-state index in [1.54, 1.807) is 12.5 Å². The summed E-state index contributed by atoms with van der Waals surface area (Å²) in [7, 11) is 4.21. The van der Waals surface area contributed by atoms with Crippen LogP contribution in [0, 0.1) is 28.6 Å². The van der Waals surface area contributed by atoms with Gasteiger partial charge in [-0.3, -0.25) is 4.79 Å². The van der Waals surface area contributed by atoms with Gasteiger partial charge in [0.05, 0.1) is 12.7 Å². The summed E-state index contributed by atoms with van der Waals surface area (Å²) in [6.45, 7) is 8.35. The van der Waals surface area contributed by atoms with Crippen LogP contribution in [-0.2, 0) is 14.3 Å². The van der Waals surface area contributed by atoms with Gasteiger partial charge in [-0.05, 0) is 88.6 Å². The minimum absolute atomic E-state index is 0.104. The quantitative estimate of drug-likeness (QED) is 0.487. The molecule has 164 valence electrons. The number of carbonyl (C=O) groups is 1. The zero-order valence-electron chi connectivity index (χ0n) is 19.2. The van der Waals surface area contributed by atoms with Crippen molar-refractivity contribution in [2.75, 3.05) is 27.2 Å². The normalized spacial score (nSPS) is 43.9. The van der Waals surface area contributed by atoms with Crippen LogP contribution in [0.5, 0.6) is 0 Å². The number of hydrogen-bond acceptors (Lipinski definition) is 4. The van der Waals surface area contributed by atoms with Crippen molar-refractivity contribution in [2.45, 2.75) is 84.3 Å². The highest BCUT2D eigenvalue weighted by Crippen LogP contribution is 2.65. The molecule has 0 radical (unpaired) electrons. The van der Waals surface area contributed by atoms with Gasteiger partial charge in [-0.2, -0.15) is 0 Å². The van der Waals surface area contributed by atoms with Crippen LogP contribution in [0.2, 0.25) is 0 Å². The number of rotatable bonds is 5. The van der Waals surface area contributed by atoms with Gasteiger partial charge in [0, 0.05) is 18.9 Å². The first-order chi connectivity index (χ1) is 13.7. The van der Waals surface area contributed by atoms with Crippen LogP contribution >= 0.6 is 0 Å². The Hall–Kier alpha value is -0.870. The molecular formula is C25H41NO3. The predicted octanol–water partition coefficient (Wildman–Crippen LogP) is 4.83. The maximum Gasteiger partial charge on any atom is 0.302 e. The number of likely N-dealkylation sites (N-methyl/N-ethyl adjacent to an activating group) is 1. The fourth-order valence-electron chi connectivity index (χ4n) is 7.56. The summed E-state index contributed by atoms with van der Waals surface area (Å²) in [6.07, 6.45) is 12.7. The zero-order valence-corrected chi connectivity index (χ0v) is 19.2. The third-order valence-electron chi connectivity index (χ3n) is 9.16. The van der Waals surface area contributed by atoms with Crippen molar-refractivity contribution in [3.63, 3.8) is 0 Å². The van der Waals surface area contributed by atoms with Crippen molar-refractivity contribution in [1.82, 2.24) is 4.90 Å². The van der Waals surface area contributed by atoms with Crippen molar-refractivity contribution in [1.29, 1.82) is 0 Å². The van der Waals surface area contributed by atoms with Crippen LogP contribution in [0.25, 0.3) is 0 Å². The van der Waals surface area contributed by atoms with E-state index < -0.39 is 0 Å². The topological polar surface area (TPSA) is 38.8 Å². The van der Waals surface area contributed by atoms with Crippen molar-refractivity contribution in [2.24, 2.45) is 28.6 Å². The van der Waals surface area contributed by atoms with Crippen molar-refractivity contribution in [3.05, 3.63) is 11.6 Å². The maximum absolute atomic E-state index is 11.6. The van der Waals surface area contributed by atoms with E-state index in [1.807, 2.05) is 0 Å². The summed E-state index contributed by atoms with van der Waals surface area (Å²) in [6, 6.07) is 0. The smallest absolute Gasteiger partial charge is 0.302 e. The van der Waals surface area contributed by atoms with Crippen molar-refractivity contribution >= 4 is 5.97 Å². The minimum Gasteiger partial charge on any atom is -0.462 e. The average Bonchev–Trinajstić information content (AvgIpc) is 2.97. The lowest BCUT2D eigenvalue weighted by molar-refractivity contribution is -0.157. The van der Waals surface area contributed by atoms with Crippen LogP contribution in [0.15, 0.2) is 11.6 Å². The summed E-state index contributed by atoms with van der Waals surface area (Å²) >= 11 is 0. The van der Waals surface area contributed by atoms with Crippen LogP contribution in [-0.4, -0.2) is 50.3 Å². The number of fused-ring (bicyclic) bond motifs is 5. The Bertz CT molecular complexity index is 658. The summed E-state index contributed by atoms with van der Waals surface area (Å²) in [4.78, 5) is 13.8. The number of esters is 1. The number of allylic oxidation sites excluding steroid dienone is 1. The number of hydrogen-bond donors (Lipinski definition) is 0. The third kappa shape index (κ3) is 3.80. The Labute approximate surface area is 177 Å². The average molecular weight is 404 g/mol. The van der Waals surface area contributed by atoms with Gasteiger partial charge in [0.1, 0.15) is 6.10 Å². The first kappa shape index (κ1) is 21.4. The molecule has 0 aromatic heterocycles. The molecule has 7 atom stereocenters. The standard InChI is InChI=1S/C25H41NO3/c1-17(27)29-23-9-8-21-20-7-6-18-16-19(28-15-14-26(4)5)10-12-24(18,2)22(20)11-13-25(21,23)3/h16,19-23H,6-15H2,1-5H3/t19-,20?,21?,22?,23-,24-,25-/m0/s1. The highest BCUT2D eigenvalue weighted by molar-refractivity contribution is 5.66. The Morgan fingerprint density at radius 2 is 1.90 bits per heavy atom. The second-order valence-electron chi connectivity index (χ2n) is 11.0. The molecular weight excluding hydrogens is 362 g/mol. The van der Waals surface area contributed by atoms with Gasteiger partial charge < -0.3 is 14.4 Å². The molecule has 0 N–H and O–H groups in total. The lowest BCUT2D eigenvalue weighted by Crippen LogP contribution is -2.52. The van der Waals surface area contributed by atoms with Crippen molar-refractivity contribution in [3.8, 4) is 0 Å². The molecule has 3 fully saturated rings. The first-order valence-electron chi connectivity index (χ1n) is 11.9. The highest BCUT2D eigenvalue weighted by Gasteiger charge is 2.59. The Kier molecular flexibility index (Phi) is 5.89. The SMILES string of the molecule is CC(=O)O[C@H]1CCC2C3CCC4=C[C@@H](OCCN(C)C)CC[C@]4(C)C3CC[C@@]21C. The molecule has 0 saturated heterocycles. The van der Waals surface area contributed by atoms with Gasteiger partial charge in [-0.1, -0.05) is 25.5 Å². The highest BCUT2D eigenvalue weighted by atomic mass is 16.5. The maximum atomic E-state index is 11.6. The summed E-state index contributed by atoms with van der Waals surface area (Å²) < 4.78 is 12.0. The second-order valence-corrected chi connectivity index (χ2v) is 11.0. The first-order valence-corrected chi connectivity index (χ1v) is 11.9. The minimum atomic E-state index is -0.104. The molecule has 4 heteroatoms. The third-order valence-corrected chi connectivity index (χ3v) is 9.16. The second kappa shape index (κ2) is 8.00. The fraction of sp³-hybridized carbons (Fsp3) is 0.880. The van der Waals surface area contributed by atoms with Gasteiger partial charge in [-0.25, -0.2) is 0 Å². The van der Waals surface area contributed by atoms with E-state index in [4.69, 9.17) is 9.47 Å². The number of carbonyl (C=O) groups excluding carboxylic acids is 1. The van der Waals surface area contributed by atoms with Gasteiger partial charge >= 0.3 is 5.97 Å². The van der Waals surface area contributed by atoms with Crippen LogP contribution in [0.1, 0.15) is 72.1 Å². The Balaban J connectivity index is 1.47. The molecule has 0 bridgehead atoms. The zero-order chi connectivity index (χ0) is 20.8. The summed E-state index contributed by atoms with van der Waals surface area (Å²) in [5.41, 5.74) is 2.22. The van der Waals surface area contributed by atoms with E-state index in [2.05, 4.69) is 38.9 Å². The number of nitrogens with zero attached hydrogens (tertiary/aromatic N) is 1. The van der Waals surface area contributed by atoms with E-state index in [0.29, 0.717) is 11.5 Å². The van der Waals surface area contributed by atoms with E-state index in [1.165, 1.54) is 38.5 Å². The van der Waals surface area contributed by atoms with Gasteiger partial charge in [-0.15, -0.1) is 0 Å². The van der Waals surface area contributed by atoms with Gasteiger partial charge in [0.25, 0.3) is 0 Å². The lowest BCUT2D eigenvalue weighted by Gasteiger charge is -2.58. The van der Waals surface area contributed by atoms with E-state index in [9.17, 15) is 4.79 Å². The van der Waals surface area contributed by atoms with E-state index >= 15 is 0 Å². The van der Waals surface area contributed by atoms with Crippen LogP contribution < -0.4 is 0 Å². The summed E-state index contributed by atoms with van der Waals surface area (Å²) in [5, 5.41) is 0. The molecule has 0 amide bonds. The molecule has 4 nitrogen and oxygen atoms in total. The van der Waals surface area contributed by atoms with E-state index in [0.717, 1.165) is 43.7 Å². The molecule has 4 aliphatic rings. The molecule has 0 spiro atoms. The Morgan fingerprint density at radius 1 is 1.10 bits per heavy atom. The molecule has 4 aliphatic carbocycles. The predicted molar refractivity (Wildman–Crippen MR) is 116 cm³/mol. The summed E-state index contributed by atoms with van der Waals surface area (Å²) in [5.74, 6) is 2.20. The largest absolute Gasteiger partial charge is 0.462 e. The van der Waals surface area contributed by atoms with E-state index in [-0.39, 0.29) is 17.5 Å². The monoisotopic (exact) mass is 403 g/mol. The lowest BCUT2D eigenvalue weighted by atomic mass is 9.47. The molecule has 0 aliphatic heterocycles. The molecule has 3 unspecified atom stereocenters. The molecule has 0 heterocycles. The van der Waals surface area contributed by atoms with Crippen LogP contribution in [0.3, 0.4) is 0 Å². The molecule has 0 aromatic rings. The number of ether oxygens (including phenoxy) is 2.